The lowest BCUT2D eigenvalue weighted by Crippen LogP contribution is -2.37. The Morgan fingerprint density at radius 1 is 1.00 bits per heavy atom. The first-order valence-electron chi connectivity index (χ1n) is 6.01. The van der Waals surface area contributed by atoms with E-state index in [4.69, 9.17) is 11.6 Å². The van der Waals surface area contributed by atoms with Crippen molar-refractivity contribution in [2.75, 3.05) is 6.07 Å². The molecular weight excluding hydrogens is 278 g/mol. The SMILES string of the molecule is O=C(C[n+]1ccc(C(=O)OCCl)cc1)c1ccccc1. The molecule has 0 bridgehead atoms. The number of hydrogen-bond acceptors (Lipinski definition) is 3. The van der Waals surface area contributed by atoms with Gasteiger partial charge in [-0.15, -0.1) is 0 Å². The molecule has 2 aromatic rings. The van der Waals surface area contributed by atoms with E-state index in [1.54, 1.807) is 41.2 Å². The van der Waals surface area contributed by atoms with Gasteiger partial charge >= 0.3 is 5.97 Å². The first-order valence-corrected chi connectivity index (χ1v) is 6.54. The van der Waals surface area contributed by atoms with Crippen LogP contribution in [0.25, 0.3) is 0 Å². The fourth-order valence-electron chi connectivity index (χ4n) is 1.71. The maximum Gasteiger partial charge on any atom is 0.339 e. The van der Waals surface area contributed by atoms with E-state index >= 15 is 0 Å². The van der Waals surface area contributed by atoms with Crippen LogP contribution in [0.15, 0.2) is 54.9 Å². The molecule has 0 fully saturated rings. The van der Waals surface area contributed by atoms with Crippen LogP contribution in [0.2, 0.25) is 0 Å². The van der Waals surface area contributed by atoms with E-state index in [1.807, 2.05) is 18.2 Å². The van der Waals surface area contributed by atoms with Crippen molar-refractivity contribution in [1.29, 1.82) is 0 Å². The van der Waals surface area contributed by atoms with Crippen LogP contribution in [-0.2, 0) is 11.3 Å². The molecule has 0 aliphatic carbocycles. The van der Waals surface area contributed by atoms with Crippen molar-refractivity contribution in [3.05, 3.63) is 66.0 Å². The third kappa shape index (κ3) is 3.65. The first-order chi connectivity index (χ1) is 9.70. The Bertz CT molecular complexity index is 596. The molecule has 0 saturated heterocycles. The maximum absolute atomic E-state index is 12.0. The Kier molecular flexibility index (Phi) is 4.85. The van der Waals surface area contributed by atoms with Crippen LogP contribution < -0.4 is 4.57 Å². The van der Waals surface area contributed by atoms with Crippen LogP contribution in [-0.4, -0.2) is 17.8 Å². The van der Waals surface area contributed by atoms with Crippen LogP contribution >= 0.6 is 11.6 Å². The molecule has 0 aliphatic rings. The quantitative estimate of drug-likeness (QED) is 0.367. The number of carbonyl (C=O) groups excluding carboxylic acids is 2. The van der Waals surface area contributed by atoms with E-state index < -0.39 is 5.97 Å². The smallest absolute Gasteiger partial charge is 0.339 e. The molecule has 0 saturated carbocycles. The van der Waals surface area contributed by atoms with Gasteiger partial charge in [-0.2, -0.15) is 4.57 Å². The van der Waals surface area contributed by atoms with Crippen molar-refractivity contribution < 1.29 is 18.9 Å². The lowest BCUT2D eigenvalue weighted by Gasteiger charge is -2.00. The molecule has 0 radical (unpaired) electrons. The third-order valence-electron chi connectivity index (χ3n) is 2.73. The van der Waals surface area contributed by atoms with Crippen LogP contribution in [0.4, 0.5) is 0 Å². The summed E-state index contributed by atoms with van der Waals surface area (Å²) in [4.78, 5) is 23.4. The van der Waals surface area contributed by atoms with Crippen molar-refractivity contribution in [2.45, 2.75) is 6.54 Å². The number of hydrogen-bond donors (Lipinski definition) is 0. The largest absolute Gasteiger partial charge is 0.446 e. The summed E-state index contributed by atoms with van der Waals surface area (Å²) in [5.41, 5.74) is 1.06. The number of aromatic nitrogens is 1. The minimum atomic E-state index is -0.485. The van der Waals surface area contributed by atoms with E-state index in [0.717, 1.165) is 0 Å². The number of alkyl halides is 1. The monoisotopic (exact) mass is 290 g/mol. The number of rotatable bonds is 5. The van der Waals surface area contributed by atoms with Crippen LogP contribution in [0, 0.1) is 0 Å². The lowest BCUT2D eigenvalue weighted by molar-refractivity contribution is -0.683. The summed E-state index contributed by atoms with van der Waals surface area (Å²) in [6.07, 6.45) is 3.32. The summed E-state index contributed by atoms with van der Waals surface area (Å²) in [6.45, 7) is 0.217. The van der Waals surface area contributed by atoms with Crippen molar-refractivity contribution in [2.24, 2.45) is 0 Å². The Balaban J connectivity index is 2.04. The highest BCUT2D eigenvalue weighted by Crippen LogP contribution is 2.02. The summed E-state index contributed by atoms with van der Waals surface area (Å²) in [7, 11) is 0. The minimum Gasteiger partial charge on any atom is -0.446 e. The minimum absolute atomic E-state index is 0.00619. The molecular formula is C15H13ClNO3+. The molecule has 4 nitrogen and oxygen atoms in total. The Labute approximate surface area is 121 Å². The molecule has 1 aromatic carbocycles. The summed E-state index contributed by atoms with van der Waals surface area (Å²) in [6, 6.07) is 12.1. The number of carbonyl (C=O) groups is 2. The number of halogens is 1. The molecule has 20 heavy (non-hydrogen) atoms. The maximum atomic E-state index is 12.0. The highest BCUT2D eigenvalue weighted by atomic mass is 35.5. The van der Waals surface area contributed by atoms with Gasteiger partial charge in [-0.25, -0.2) is 4.79 Å². The van der Waals surface area contributed by atoms with Gasteiger partial charge in [0, 0.05) is 17.7 Å². The summed E-state index contributed by atoms with van der Waals surface area (Å²) in [5.74, 6) is -0.478. The molecule has 1 aromatic heterocycles. The van der Waals surface area contributed by atoms with Gasteiger partial charge in [0.2, 0.25) is 12.3 Å². The Morgan fingerprint density at radius 3 is 2.25 bits per heavy atom. The zero-order valence-corrected chi connectivity index (χ0v) is 11.4. The van der Waals surface area contributed by atoms with Crippen LogP contribution in [0.1, 0.15) is 20.7 Å². The molecule has 0 aliphatic heterocycles. The molecule has 5 heteroatoms. The van der Waals surface area contributed by atoms with Gasteiger partial charge in [-0.3, -0.25) is 4.79 Å². The summed E-state index contributed by atoms with van der Waals surface area (Å²) < 4.78 is 6.37. The molecule has 1 heterocycles. The standard InChI is InChI=1S/C15H13ClNO3/c16-11-20-15(19)13-6-8-17(9-7-13)10-14(18)12-4-2-1-3-5-12/h1-9H,10-11H2/q+1. The predicted octanol–water partition coefficient (Wildman–Crippen LogP) is 2.21. The highest BCUT2D eigenvalue weighted by molar-refractivity contribution is 6.17. The topological polar surface area (TPSA) is 47.2 Å². The number of pyridine rings is 1. The average molecular weight is 291 g/mol. The van der Waals surface area contributed by atoms with Crippen molar-refractivity contribution in [3.8, 4) is 0 Å². The molecule has 2 rings (SSSR count). The van der Waals surface area contributed by atoms with Gasteiger partial charge in [0.05, 0.1) is 5.56 Å². The van der Waals surface area contributed by atoms with Gasteiger partial charge in [-0.1, -0.05) is 41.9 Å². The normalized spacial score (nSPS) is 10.1. The van der Waals surface area contributed by atoms with E-state index in [1.165, 1.54) is 0 Å². The van der Waals surface area contributed by atoms with Gasteiger partial charge in [-0.05, 0) is 0 Å². The molecule has 0 unspecified atom stereocenters. The second kappa shape index (κ2) is 6.82. The number of ether oxygens (including phenoxy) is 1. The second-order valence-corrected chi connectivity index (χ2v) is 4.31. The van der Waals surface area contributed by atoms with Crippen molar-refractivity contribution >= 4 is 23.4 Å². The van der Waals surface area contributed by atoms with Gasteiger partial charge in [0.25, 0.3) is 0 Å². The Hall–Kier alpha value is -2.20. The van der Waals surface area contributed by atoms with Gasteiger partial charge in [0.1, 0.15) is 0 Å². The summed E-state index contributed by atoms with van der Waals surface area (Å²) >= 11 is 5.32. The third-order valence-corrected chi connectivity index (χ3v) is 2.84. The number of benzene rings is 1. The van der Waals surface area contributed by atoms with Crippen molar-refractivity contribution in [3.63, 3.8) is 0 Å². The van der Waals surface area contributed by atoms with Gasteiger partial charge in [0.15, 0.2) is 18.5 Å². The fraction of sp³-hybridized carbons (Fsp3) is 0.133. The zero-order valence-electron chi connectivity index (χ0n) is 10.7. The molecule has 102 valence electrons. The number of nitrogens with zero attached hydrogens (tertiary/aromatic N) is 1. The molecule has 0 atom stereocenters. The van der Waals surface area contributed by atoms with Crippen LogP contribution in [0.5, 0.6) is 0 Å². The highest BCUT2D eigenvalue weighted by Gasteiger charge is 2.13. The number of esters is 1. The fourth-order valence-corrected chi connectivity index (χ4v) is 1.81. The van der Waals surface area contributed by atoms with E-state index in [0.29, 0.717) is 11.1 Å². The van der Waals surface area contributed by atoms with Crippen LogP contribution in [0.3, 0.4) is 0 Å². The second-order valence-electron chi connectivity index (χ2n) is 4.09. The van der Waals surface area contributed by atoms with E-state index in [-0.39, 0.29) is 18.4 Å². The summed E-state index contributed by atoms with van der Waals surface area (Å²) in [5, 5.41) is 0. The number of Topliss-reactive ketones (excluding diaryl/α,β-unsaturated/α-hetero) is 1. The first kappa shape index (κ1) is 14.2. The molecule has 0 spiro atoms. The molecule has 0 N–H and O–H groups in total. The number of ketones is 1. The lowest BCUT2D eigenvalue weighted by atomic mass is 10.1. The van der Waals surface area contributed by atoms with Gasteiger partial charge < -0.3 is 4.74 Å². The Morgan fingerprint density at radius 2 is 1.65 bits per heavy atom. The van der Waals surface area contributed by atoms with Crippen molar-refractivity contribution in [1.82, 2.24) is 0 Å². The zero-order chi connectivity index (χ0) is 14.4. The molecule has 0 amide bonds. The predicted molar refractivity (Wildman–Crippen MR) is 73.5 cm³/mol. The average Bonchev–Trinajstić information content (AvgIpc) is 2.49. The van der Waals surface area contributed by atoms with E-state index in [2.05, 4.69) is 4.74 Å². The van der Waals surface area contributed by atoms with E-state index in [9.17, 15) is 9.59 Å².